The third-order valence-electron chi connectivity index (χ3n) is 9.72. The van der Waals surface area contributed by atoms with Crippen LogP contribution in [-0.2, 0) is 12.8 Å². The molecule has 2 N–H and O–H groups in total. The van der Waals surface area contributed by atoms with Crippen LogP contribution in [-0.4, -0.2) is 33.8 Å². The smallest absolute Gasteiger partial charge is 0.101 e. The molecule has 2 aliphatic carbocycles. The fraction of sp³-hybridized carbons (Fsp3) is 0.622. The number of nitrogens with zero attached hydrogens (tertiary/aromatic N) is 2. The van der Waals surface area contributed by atoms with Crippen LogP contribution >= 0.6 is 0 Å². The number of hydrogen-bond acceptors (Lipinski definition) is 4. The van der Waals surface area contributed by atoms with Crippen LogP contribution in [0.3, 0.4) is 0 Å². The van der Waals surface area contributed by atoms with Gasteiger partial charge in [-0.05, 0) is 134 Å². The molecule has 220 valence electrons. The maximum atomic E-state index is 5.61. The fourth-order valence-electron chi connectivity index (χ4n) is 8.85. The first-order chi connectivity index (χ1) is 19.0. The van der Waals surface area contributed by atoms with Crippen LogP contribution in [0, 0.1) is 23.7 Å². The maximum Gasteiger partial charge on any atom is 0.101 e. The fourth-order valence-corrected chi connectivity index (χ4v) is 8.85. The van der Waals surface area contributed by atoms with Crippen molar-refractivity contribution in [3.05, 3.63) is 70.8 Å². The van der Waals surface area contributed by atoms with Crippen molar-refractivity contribution in [2.75, 3.05) is 0 Å². The standard InChI is InChI=1S/C37H52N4/c1-34(2,3)38-32-30-27-19-26(28(30)24-17-13-11-15-22(24)20-36(7,8)40-32)29-25-18-14-12-16-23(25)21-37(9,10)41-33(31(27)29)39-35(4,5)6/h11-18,26-31H,19-21H2,1-10H3,(H,38,40)(H,39,41)/t26?,27?,28-,29+,30+,31-. The highest BCUT2D eigenvalue weighted by Gasteiger charge is 2.63. The number of benzene rings is 2. The third kappa shape index (κ3) is 5.37. The van der Waals surface area contributed by atoms with Crippen LogP contribution in [0.25, 0.3) is 0 Å². The van der Waals surface area contributed by atoms with Crippen molar-refractivity contribution in [1.82, 2.24) is 10.6 Å². The van der Waals surface area contributed by atoms with E-state index in [9.17, 15) is 0 Å². The Labute approximate surface area is 248 Å². The van der Waals surface area contributed by atoms with Crippen molar-refractivity contribution in [3.63, 3.8) is 0 Å². The largest absolute Gasteiger partial charge is 0.369 e. The predicted molar refractivity (Wildman–Crippen MR) is 173 cm³/mol. The van der Waals surface area contributed by atoms with Gasteiger partial charge in [0.05, 0.1) is 11.1 Å². The zero-order valence-electron chi connectivity index (χ0n) is 27.1. The number of fused-ring (bicyclic) bond motifs is 12. The van der Waals surface area contributed by atoms with Gasteiger partial charge < -0.3 is 10.6 Å². The van der Waals surface area contributed by atoms with Crippen molar-refractivity contribution >= 4 is 11.7 Å². The van der Waals surface area contributed by atoms with E-state index in [4.69, 9.17) is 9.98 Å². The molecule has 0 amide bonds. The quantitative estimate of drug-likeness (QED) is 0.352. The minimum Gasteiger partial charge on any atom is -0.369 e. The van der Waals surface area contributed by atoms with Crippen LogP contribution < -0.4 is 10.6 Å². The second-order valence-corrected chi connectivity index (χ2v) is 16.8. The lowest BCUT2D eigenvalue weighted by atomic mass is 9.61. The third-order valence-corrected chi connectivity index (χ3v) is 9.72. The molecular weight excluding hydrogens is 500 g/mol. The van der Waals surface area contributed by atoms with E-state index in [1.807, 2.05) is 0 Å². The Balaban J connectivity index is 1.60. The van der Waals surface area contributed by atoms with Gasteiger partial charge in [0, 0.05) is 22.9 Å². The summed E-state index contributed by atoms with van der Waals surface area (Å²) in [6, 6.07) is 18.6. The van der Waals surface area contributed by atoms with Gasteiger partial charge in [0.2, 0.25) is 0 Å². The summed E-state index contributed by atoms with van der Waals surface area (Å²) in [6.45, 7) is 22.9. The Bertz CT molecular complexity index is 1280. The van der Waals surface area contributed by atoms with E-state index in [2.05, 4.69) is 128 Å². The molecule has 2 aromatic carbocycles. The minimum absolute atomic E-state index is 0.0600. The Kier molecular flexibility index (Phi) is 6.56. The minimum atomic E-state index is -0.175. The molecule has 0 saturated heterocycles. The van der Waals surface area contributed by atoms with Crippen LogP contribution in [0.1, 0.15) is 110 Å². The van der Waals surface area contributed by atoms with Gasteiger partial charge in [0.25, 0.3) is 0 Å². The molecule has 6 rings (SSSR count). The first kappa shape index (κ1) is 28.5. The summed E-state index contributed by atoms with van der Waals surface area (Å²) in [7, 11) is 0. The normalized spacial score (nSPS) is 31.6. The molecule has 41 heavy (non-hydrogen) atoms. The first-order valence-corrected chi connectivity index (χ1v) is 15.9. The van der Waals surface area contributed by atoms with Crippen LogP contribution in [0.5, 0.6) is 0 Å². The summed E-state index contributed by atoms with van der Waals surface area (Å²) < 4.78 is 0. The van der Waals surface area contributed by atoms with Crippen molar-refractivity contribution < 1.29 is 0 Å². The molecular formula is C37H52N4. The highest BCUT2D eigenvalue weighted by molar-refractivity contribution is 5.92. The van der Waals surface area contributed by atoms with Crippen molar-refractivity contribution in [1.29, 1.82) is 0 Å². The summed E-state index contributed by atoms with van der Waals surface area (Å²) in [5.74, 6) is 5.00. The van der Waals surface area contributed by atoms with Crippen molar-refractivity contribution in [2.45, 2.75) is 122 Å². The second kappa shape index (κ2) is 9.44. The van der Waals surface area contributed by atoms with Gasteiger partial charge in [-0.3, -0.25) is 9.98 Å². The van der Waals surface area contributed by atoms with Crippen molar-refractivity contribution in [2.24, 2.45) is 33.7 Å². The summed E-state index contributed by atoms with van der Waals surface area (Å²) >= 11 is 0. The zero-order chi connectivity index (χ0) is 29.5. The lowest BCUT2D eigenvalue weighted by Gasteiger charge is -2.48. The van der Waals surface area contributed by atoms with E-state index < -0.39 is 0 Å². The summed E-state index contributed by atoms with van der Waals surface area (Å²) in [6.07, 6.45) is 3.15. The molecule has 2 saturated carbocycles. The van der Waals surface area contributed by atoms with E-state index in [-0.39, 0.29) is 22.2 Å². The van der Waals surface area contributed by atoms with Gasteiger partial charge in [-0.25, -0.2) is 0 Å². The van der Waals surface area contributed by atoms with E-state index >= 15 is 0 Å². The van der Waals surface area contributed by atoms with Gasteiger partial charge in [-0.15, -0.1) is 0 Å². The second-order valence-electron chi connectivity index (χ2n) is 16.8. The summed E-state index contributed by atoms with van der Waals surface area (Å²) in [5, 5.41) is 7.96. The molecule has 6 atom stereocenters. The Morgan fingerprint density at radius 3 is 1.34 bits per heavy atom. The number of aliphatic imine (C=N–C) groups is 2. The Hall–Kier alpha value is -2.62. The van der Waals surface area contributed by atoms with E-state index in [1.165, 1.54) is 29.2 Å². The summed E-state index contributed by atoms with van der Waals surface area (Å²) in [4.78, 5) is 11.2. The van der Waals surface area contributed by atoms with Crippen LogP contribution in [0.15, 0.2) is 58.5 Å². The zero-order valence-corrected chi connectivity index (χ0v) is 27.1. The SMILES string of the molecule is CC1(C)Cc2ccccc2[C@H]2C3CC([C@H]2C(NC(C)(C)C)=N1)[C@@H]1C(NC(C)(C)C)=NC(C)(C)Cc2ccccc2[C@H]31. The number of rotatable bonds is 0. The molecule has 0 radical (unpaired) electrons. The molecule has 2 fully saturated rings. The Morgan fingerprint density at radius 2 is 0.951 bits per heavy atom. The lowest BCUT2D eigenvalue weighted by molar-refractivity contribution is 0.253. The molecule has 2 aromatic rings. The summed E-state index contributed by atoms with van der Waals surface area (Å²) in [5.41, 5.74) is 5.61. The number of amidine groups is 2. The topological polar surface area (TPSA) is 48.8 Å². The molecule has 0 spiro atoms. The molecule has 0 aromatic heterocycles. The molecule has 2 bridgehead atoms. The van der Waals surface area contributed by atoms with Gasteiger partial charge in [-0.2, -0.15) is 0 Å². The highest BCUT2D eigenvalue weighted by Crippen LogP contribution is 2.67. The van der Waals surface area contributed by atoms with Gasteiger partial charge in [-0.1, -0.05) is 48.5 Å². The molecule has 4 aliphatic rings. The highest BCUT2D eigenvalue weighted by atomic mass is 15.1. The van der Waals surface area contributed by atoms with E-state index in [1.54, 1.807) is 11.1 Å². The average molecular weight is 553 g/mol. The van der Waals surface area contributed by atoms with E-state index in [0.717, 1.165) is 12.8 Å². The Morgan fingerprint density at radius 1 is 0.585 bits per heavy atom. The molecule has 2 heterocycles. The lowest BCUT2D eigenvalue weighted by Crippen LogP contribution is -2.54. The van der Waals surface area contributed by atoms with Gasteiger partial charge in [0.1, 0.15) is 11.7 Å². The first-order valence-electron chi connectivity index (χ1n) is 15.9. The van der Waals surface area contributed by atoms with E-state index in [0.29, 0.717) is 35.5 Å². The maximum absolute atomic E-state index is 5.61. The van der Waals surface area contributed by atoms with Gasteiger partial charge in [0.15, 0.2) is 0 Å². The molecule has 2 unspecified atom stereocenters. The monoisotopic (exact) mass is 552 g/mol. The molecule has 4 heteroatoms. The number of nitrogens with one attached hydrogen (secondary N) is 2. The molecule has 4 nitrogen and oxygen atoms in total. The van der Waals surface area contributed by atoms with Crippen molar-refractivity contribution in [3.8, 4) is 0 Å². The number of hydrogen-bond donors (Lipinski definition) is 2. The van der Waals surface area contributed by atoms with Crippen LogP contribution in [0.2, 0.25) is 0 Å². The van der Waals surface area contributed by atoms with Gasteiger partial charge >= 0.3 is 0 Å². The molecule has 2 aliphatic heterocycles. The average Bonchev–Trinajstić information content (AvgIpc) is 3.36. The predicted octanol–water partition coefficient (Wildman–Crippen LogP) is 7.68. The van der Waals surface area contributed by atoms with Crippen LogP contribution in [0.4, 0.5) is 0 Å².